The first-order chi connectivity index (χ1) is 13.2. The molecule has 0 fully saturated rings. The van der Waals surface area contributed by atoms with Crippen LogP contribution in [-0.4, -0.2) is 29.1 Å². The van der Waals surface area contributed by atoms with Gasteiger partial charge in [-0.05, 0) is 35.7 Å². The number of guanidine groups is 1. The molecule has 8 heteroatoms. The number of imidazole rings is 1. The highest BCUT2D eigenvalue weighted by Gasteiger charge is 2.06. The molecule has 5 nitrogen and oxygen atoms in total. The molecule has 0 aliphatic heterocycles. The zero-order valence-corrected chi connectivity index (χ0v) is 18.5. The molecule has 1 aromatic heterocycles. The highest BCUT2D eigenvalue weighted by atomic mass is 127. The maximum Gasteiger partial charge on any atom is 0.191 e. The topological polar surface area (TPSA) is 54.2 Å². The summed E-state index contributed by atoms with van der Waals surface area (Å²) in [6, 6.07) is 12.9. The molecule has 0 saturated carbocycles. The predicted molar refractivity (Wildman–Crippen MR) is 122 cm³/mol. The summed E-state index contributed by atoms with van der Waals surface area (Å²) in [7, 11) is 1.70. The Bertz CT molecular complexity index is 915. The average molecular weight is 514 g/mol. The number of rotatable bonds is 6. The van der Waals surface area contributed by atoms with Crippen LogP contribution in [0.2, 0.25) is 5.02 Å². The first-order valence-electron chi connectivity index (χ1n) is 8.62. The molecule has 0 unspecified atom stereocenters. The van der Waals surface area contributed by atoms with Gasteiger partial charge >= 0.3 is 0 Å². The van der Waals surface area contributed by atoms with Gasteiger partial charge in [-0.25, -0.2) is 9.37 Å². The van der Waals surface area contributed by atoms with E-state index >= 15 is 0 Å². The van der Waals surface area contributed by atoms with Crippen molar-refractivity contribution < 1.29 is 4.39 Å². The van der Waals surface area contributed by atoms with Gasteiger partial charge in [-0.1, -0.05) is 35.9 Å². The molecule has 28 heavy (non-hydrogen) atoms. The minimum Gasteiger partial charge on any atom is -0.356 e. The van der Waals surface area contributed by atoms with Crippen molar-refractivity contribution >= 4 is 41.5 Å². The van der Waals surface area contributed by atoms with Crippen molar-refractivity contribution in [2.45, 2.75) is 13.0 Å². The number of hydrogen-bond donors (Lipinski definition) is 2. The van der Waals surface area contributed by atoms with E-state index in [4.69, 9.17) is 11.6 Å². The summed E-state index contributed by atoms with van der Waals surface area (Å²) in [6.07, 6.45) is 5.68. The third kappa shape index (κ3) is 5.93. The van der Waals surface area contributed by atoms with E-state index in [1.165, 1.54) is 6.07 Å². The molecule has 0 aliphatic rings. The number of aliphatic imine (C=N–C) groups is 1. The van der Waals surface area contributed by atoms with Gasteiger partial charge in [-0.15, -0.1) is 24.0 Å². The number of nitrogens with zero attached hydrogens (tertiary/aromatic N) is 3. The molecular weight excluding hydrogens is 492 g/mol. The molecule has 3 rings (SSSR count). The van der Waals surface area contributed by atoms with Crippen LogP contribution in [0.1, 0.15) is 11.1 Å². The van der Waals surface area contributed by atoms with E-state index in [1.807, 2.05) is 30.3 Å². The molecule has 0 amide bonds. The second kappa shape index (κ2) is 11.0. The van der Waals surface area contributed by atoms with Gasteiger partial charge in [0, 0.05) is 37.6 Å². The molecule has 2 N–H and O–H groups in total. The highest BCUT2D eigenvalue weighted by Crippen LogP contribution is 2.15. The van der Waals surface area contributed by atoms with E-state index in [0.29, 0.717) is 24.7 Å². The van der Waals surface area contributed by atoms with Crippen molar-refractivity contribution in [1.82, 2.24) is 20.2 Å². The van der Waals surface area contributed by atoms with Crippen LogP contribution in [0.3, 0.4) is 0 Å². The van der Waals surface area contributed by atoms with Crippen molar-refractivity contribution in [2.24, 2.45) is 4.99 Å². The molecule has 0 bridgehead atoms. The third-order valence-electron chi connectivity index (χ3n) is 4.12. The van der Waals surface area contributed by atoms with Crippen molar-refractivity contribution in [3.8, 4) is 5.69 Å². The Morgan fingerprint density at radius 3 is 2.71 bits per heavy atom. The van der Waals surface area contributed by atoms with Crippen molar-refractivity contribution in [3.05, 3.63) is 83.2 Å². The molecule has 0 spiro atoms. The van der Waals surface area contributed by atoms with Crippen LogP contribution < -0.4 is 10.6 Å². The number of benzene rings is 2. The molecular formula is C20H22ClFIN5. The molecule has 148 valence electrons. The number of halogens is 3. The monoisotopic (exact) mass is 513 g/mol. The first-order valence-corrected chi connectivity index (χ1v) is 9.00. The highest BCUT2D eigenvalue weighted by molar-refractivity contribution is 14.0. The Balaban J connectivity index is 0.00000280. The van der Waals surface area contributed by atoms with Crippen LogP contribution in [0.5, 0.6) is 0 Å². The summed E-state index contributed by atoms with van der Waals surface area (Å²) in [6.45, 7) is 1.16. The fraction of sp³-hybridized carbons (Fsp3) is 0.200. The average Bonchev–Trinajstić information content (AvgIpc) is 3.20. The largest absolute Gasteiger partial charge is 0.356 e. The first kappa shape index (κ1) is 22.2. The van der Waals surface area contributed by atoms with Gasteiger partial charge in [0.05, 0.1) is 12.0 Å². The van der Waals surface area contributed by atoms with Crippen LogP contribution >= 0.6 is 35.6 Å². The van der Waals surface area contributed by atoms with Crippen molar-refractivity contribution in [2.75, 3.05) is 13.6 Å². The Hall–Kier alpha value is -2.13. The van der Waals surface area contributed by atoms with Gasteiger partial charge < -0.3 is 15.2 Å². The fourth-order valence-electron chi connectivity index (χ4n) is 2.69. The zero-order valence-electron chi connectivity index (χ0n) is 15.4. The lowest BCUT2D eigenvalue weighted by Crippen LogP contribution is -2.37. The molecule has 0 aliphatic carbocycles. The lowest BCUT2D eigenvalue weighted by molar-refractivity contribution is 0.615. The Kier molecular flexibility index (Phi) is 8.72. The molecule has 0 atom stereocenters. The quantitative estimate of drug-likeness (QED) is 0.295. The summed E-state index contributed by atoms with van der Waals surface area (Å²) >= 11 is 6.16. The van der Waals surface area contributed by atoms with Gasteiger partial charge in [-0.3, -0.25) is 4.99 Å². The second-order valence-electron chi connectivity index (χ2n) is 5.95. The molecule has 1 heterocycles. The molecule has 0 radical (unpaired) electrons. The van der Waals surface area contributed by atoms with E-state index in [-0.39, 0.29) is 29.8 Å². The van der Waals surface area contributed by atoms with E-state index in [1.54, 1.807) is 36.4 Å². The summed E-state index contributed by atoms with van der Waals surface area (Å²) in [4.78, 5) is 8.13. The smallest absolute Gasteiger partial charge is 0.191 e. The SMILES string of the molecule is CN=C(NCCc1ccccc1Cl)NCc1ccc(-n2ccnc2)c(F)c1.I. The summed E-state index contributed by atoms with van der Waals surface area (Å²) in [5, 5.41) is 7.19. The standard InChI is InChI=1S/C20H21ClFN5.HI/c1-23-20(25-9-8-16-4-2-3-5-17(16)21)26-13-15-6-7-19(18(22)12-15)27-11-10-24-14-27;/h2-7,10-12,14H,8-9,13H2,1H3,(H2,23,25,26);1H. The maximum atomic E-state index is 14.3. The number of nitrogens with one attached hydrogen (secondary N) is 2. The fourth-order valence-corrected chi connectivity index (χ4v) is 2.92. The van der Waals surface area contributed by atoms with Gasteiger partial charge in [0.15, 0.2) is 5.96 Å². The van der Waals surface area contributed by atoms with Gasteiger partial charge in [0.2, 0.25) is 0 Å². The van der Waals surface area contributed by atoms with E-state index in [9.17, 15) is 4.39 Å². The second-order valence-corrected chi connectivity index (χ2v) is 6.36. The van der Waals surface area contributed by atoms with Crippen LogP contribution in [-0.2, 0) is 13.0 Å². The Morgan fingerprint density at radius 1 is 1.21 bits per heavy atom. The van der Waals surface area contributed by atoms with Crippen molar-refractivity contribution in [1.29, 1.82) is 0 Å². The normalized spacial score (nSPS) is 11.0. The van der Waals surface area contributed by atoms with Gasteiger partial charge in [0.25, 0.3) is 0 Å². The van der Waals surface area contributed by atoms with Crippen LogP contribution in [0, 0.1) is 5.82 Å². The summed E-state index contributed by atoms with van der Waals surface area (Å²) in [5.74, 6) is 0.357. The van der Waals surface area contributed by atoms with Crippen molar-refractivity contribution in [3.63, 3.8) is 0 Å². The summed E-state index contributed by atoms with van der Waals surface area (Å²) in [5.41, 5.74) is 2.38. The van der Waals surface area contributed by atoms with E-state index in [2.05, 4.69) is 20.6 Å². The van der Waals surface area contributed by atoms with E-state index < -0.39 is 0 Å². The van der Waals surface area contributed by atoms with Crippen LogP contribution in [0.15, 0.2) is 66.2 Å². The molecule has 0 saturated heterocycles. The van der Waals surface area contributed by atoms with E-state index in [0.717, 1.165) is 22.6 Å². The summed E-state index contributed by atoms with van der Waals surface area (Å²) < 4.78 is 16.0. The maximum absolute atomic E-state index is 14.3. The minimum absolute atomic E-state index is 0. The van der Waals surface area contributed by atoms with Crippen LogP contribution in [0.4, 0.5) is 4.39 Å². The Morgan fingerprint density at radius 2 is 2.04 bits per heavy atom. The predicted octanol–water partition coefficient (Wildman–Crippen LogP) is 4.19. The molecule has 2 aromatic carbocycles. The number of aromatic nitrogens is 2. The van der Waals surface area contributed by atoms with Gasteiger partial charge in [0.1, 0.15) is 5.82 Å². The lowest BCUT2D eigenvalue weighted by Gasteiger charge is -2.13. The zero-order chi connectivity index (χ0) is 19.1. The Labute approximate surface area is 186 Å². The lowest BCUT2D eigenvalue weighted by atomic mass is 10.1. The third-order valence-corrected chi connectivity index (χ3v) is 4.49. The minimum atomic E-state index is -0.297. The number of hydrogen-bond acceptors (Lipinski definition) is 2. The van der Waals surface area contributed by atoms with Crippen LogP contribution in [0.25, 0.3) is 5.69 Å². The van der Waals surface area contributed by atoms with Gasteiger partial charge in [-0.2, -0.15) is 0 Å². The molecule has 3 aromatic rings.